The minimum Gasteiger partial charge on any atom is -0.313 e. The molecule has 0 aromatic heterocycles. The van der Waals surface area contributed by atoms with Gasteiger partial charge in [0.15, 0.2) is 0 Å². The first-order chi connectivity index (χ1) is 9.83. The number of hydrogen-bond acceptors (Lipinski definition) is 2. The van der Waals surface area contributed by atoms with Gasteiger partial charge in [0.05, 0.1) is 6.54 Å². The van der Waals surface area contributed by atoms with Gasteiger partial charge in [-0.25, -0.2) is 0 Å². The summed E-state index contributed by atoms with van der Waals surface area (Å²) in [5.41, 5.74) is 2.14. The van der Waals surface area contributed by atoms with E-state index in [1.165, 1.54) is 30.4 Å². The van der Waals surface area contributed by atoms with Crippen LogP contribution in [0.15, 0.2) is 24.3 Å². The van der Waals surface area contributed by atoms with Crippen LogP contribution in [0.5, 0.6) is 0 Å². The van der Waals surface area contributed by atoms with Crippen LogP contribution < -0.4 is 5.32 Å². The topological polar surface area (TPSA) is 15.3 Å². The van der Waals surface area contributed by atoms with Gasteiger partial charge in [-0.3, -0.25) is 4.90 Å². The molecule has 118 valence electrons. The smallest absolute Gasteiger partial charge is 0.313 e. The van der Waals surface area contributed by atoms with Crippen molar-refractivity contribution in [1.29, 1.82) is 0 Å². The van der Waals surface area contributed by atoms with Gasteiger partial charge in [-0.15, -0.1) is 0 Å². The van der Waals surface area contributed by atoms with Crippen LogP contribution in [0.4, 0.5) is 13.2 Å². The molecule has 0 heterocycles. The van der Waals surface area contributed by atoms with Crippen molar-refractivity contribution in [2.24, 2.45) is 0 Å². The van der Waals surface area contributed by atoms with Crippen LogP contribution in [0.1, 0.15) is 36.8 Å². The van der Waals surface area contributed by atoms with Crippen LogP contribution in [-0.2, 0) is 6.54 Å². The highest BCUT2D eigenvalue weighted by atomic mass is 19.4. The van der Waals surface area contributed by atoms with Crippen LogP contribution >= 0.6 is 0 Å². The minimum absolute atomic E-state index is 0.314. The van der Waals surface area contributed by atoms with Crippen LogP contribution in [0.3, 0.4) is 0 Å². The normalized spacial score (nSPS) is 17.2. The Labute approximate surface area is 124 Å². The van der Waals surface area contributed by atoms with Crippen LogP contribution in [0.25, 0.3) is 0 Å². The van der Waals surface area contributed by atoms with E-state index in [0.717, 1.165) is 12.1 Å². The molecule has 0 radical (unpaired) electrons. The summed E-state index contributed by atoms with van der Waals surface area (Å²) in [6.07, 6.45) is -1.59. The summed E-state index contributed by atoms with van der Waals surface area (Å²) in [6.45, 7) is 2.56. The predicted molar refractivity (Wildman–Crippen MR) is 78.3 cm³/mol. The highest BCUT2D eigenvalue weighted by Crippen LogP contribution is 2.22. The first-order valence-corrected chi connectivity index (χ1v) is 7.41. The zero-order valence-corrected chi connectivity index (χ0v) is 12.6. The molecule has 1 aliphatic carbocycles. The molecule has 1 saturated carbocycles. The van der Waals surface area contributed by atoms with E-state index in [2.05, 4.69) is 12.2 Å². The SMILES string of the molecule is CC(CNC1CC1)c1ccc(CN(C)CC(F)(F)F)cc1. The van der Waals surface area contributed by atoms with E-state index < -0.39 is 12.7 Å². The quantitative estimate of drug-likeness (QED) is 0.828. The maximum absolute atomic E-state index is 12.3. The number of nitrogens with zero attached hydrogens (tertiary/aromatic N) is 1. The fourth-order valence-corrected chi connectivity index (χ4v) is 2.37. The van der Waals surface area contributed by atoms with Gasteiger partial charge in [0.25, 0.3) is 0 Å². The summed E-state index contributed by atoms with van der Waals surface area (Å²) >= 11 is 0. The largest absolute Gasteiger partial charge is 0.401 e. The van der Waals surface area contributed by atoms with E-state index in [1.807, 2.05) is 24.3 Å². The molecule has 1 atom stereocenters. The summed E-state index contributed by atoms with van der Waals surface area (Å²) in [7, 11) is 1.49. The van der Waals surface area contributed by atoms with Gasteiger partial charge >= 0.3 is 6.18 Å². The average Bonchev–Trinajstić information content (AvgIpc) is 3.18. The van der Waals surface area contributed by atoms with Gasteiger partial charge in [-0.1, -0.05) is 31.2 Å². The Balaban J connectivity index is 1.82. The summed E-state index contributed by atoms with van der Waals surface area (Å²) < 4.78 is 36.9. The molecule has 0 saturated heterocycles. The molecule has 21 heavy (non-hydrogen) atoms. The number of rotatable bonds is 7. The van der Waals surface area contributed by atoms with Crippen molar-refractivity contribution in [3.05, 3.63) is 35.4 Å². The van der Waals surface area contributed by atoms with E-state index >= 15 is 0 Å². The number of alkyl halides is 3. The lowest BCUT2D eigenvalue weighted by Crippen LogP contribution is -2.30. The third-order valence-electron chi connectivity index (χ3n) is 3.74. The molecule has 0 aliphatic heterocycles. The van der Waals surface area contributed by atoms with Gasteiger partial charge < -0.3 is 5.32 Å². The second-order valence-corrected chi connectivity index (χ2v) is 6.11. The Morgan fingerprint density at radius 2 is 1.86 bits per heavy atom. The zero-order valence-electron chi connectivity index (χ0n) is 12.6. The molecule has 1 unspecified atom stereocenters. The average molecular weight is 300 g/mol. The molecule has 0 amide bonds. The Morgan fingerprint density at radius 3 is 2.38 bits per heavy atom. The van der Waals surface area contributed by atoms with Gasteiger partial charge in [0.2, 0.25) is 0 Å². The van der Waals surface area contributed by atoms with Crippen molar-refractivity contribution in [2.75, 3.05) is 20.1 Å². The maximum atomic E-state index is 12.3. The molecule has 5 heteroatoms. The Morgan fingerprint density at radius 1 is 1.24 bits per heavy atom. The van der Waals surface area contributed by atoms with Gasteiger partial charge in [-0.05, 0) is 36.9 Å². The molecule has 2 nitrogen and oxygen atoms in total. The third-order valence-corrected chi connectivity index (χ3v) is 3.74. The van der Waals surface area contributed by atoms with Crippen molar-refractivity contribution < 1.29 is 13.2 Å². The van der Waals surface area contributed by atoms with Crippen molar-refractivity contribution in [2.45, 2.75) is 44.4 Å². The number of halogens is 3. The summed E-state index contributed by atoms with van der Waals surface area (Å²) in [5, 5.41) is 3.49. The molecule has 1 aromatic rings. The molecule has 1 aromatic carbocycles. The molecule has 2 rings (SSSR count). The maximum Gasteiger partial charge on any atom is 0.401 e. The molecule has 1 fully saturated rings. The lowest BCUT2D eigenvalue weighted by molar-refractivity contribution is -0.144. The predicted octanol–water partition coefficient (Wildman–Crippen LogP) is 3.54. The Kier molecular flexibility index (Phi) is 5.27. The molecular formula is C16H23F3N2. The molecule has 1 aliphatic rings. The fraction of sp³-hybridized carbons (Fsp3) is 0.625. The second-order valence-electron chi connectivity index (χ2n) is 6.11. The van der Waals surface area contributed by atoms with Crippen molar-refractivity contribution in [3.8, 4) is 0 Å². The van der Waals surface area contributed by atoms with E-state index in [-0.39, 0.29) is 0 Å². The van der Waals surface area contributed by atoms with Crippen LogP contribution in [0, 0.1) is 0 Å². The summed E-state index contributed by atoms with van der Waals surface area (Å²) in [6, 6.07) is 8.60. The van der Waals surface area contributed by atoms with Crippen LogP contribution in [-0.4, -0.2) is 37.3 Å². The van der Waals surface area contributed by atoms with Gasteiger partial charge in [-0.2, -0.15) is 13.2 Å². The molecular weight excluding hydrogens is 277 g/mol. The first kappa shape index (κ1) is 16.3. The minimum atomic E-state index is -4.14. The second kappa shape index (κ2) is 6.79. The molecule has 1 N–H and O–H groups in total. The van der Waals surface area contributed by atoms with E-state index in [1.54, 1.807) is 0 Å². The zero-order chi connectivity index (χ0) is 15.5. The molecule has 0 spiro atoms. The van der Waals surface area contributed by atoms with Crippen molar-refractivity contribution in [3.63, 3.8) is 0 Å². The third kappa shape index (κ3) is 6.06. The van der Waals surface area contributed by atoms with E-state index in [0.29, 0.717) is 18.5 Å². The Bertz CT molecular complexity index is 438. The number of benzene rings is 1. The summed E-state index contributed by atoms with van der Waals surface area (Å²) in [5.74, 6) is 0.424. The van der Waals surface area contributed by atoms with Crippen molar-refractivity contribution >= 4 is 0 Å². The number of hydrogen-bond donors (Lipinski definition) is 1. The fourth-order valence-electron chi connectivity index (χ4n) is 2.37. The van der Waals surface area contributed by atoms with Crippen molar-refractivity contribution in [1.82, 2.24) is 10.2 Å². The van der Waals surface area contributed by atoms with Crippen LogP contribution in [0.2, 0.25) is 0 Å². The van der Waals surface area contributed by atoms with Gasteiger partial charge in [0, 0.05) is 19.1 Å². The van der Waals surface area contributed by atoms with E-state index in [9.17, 15) is 13.2 Å². The lowest BCUT2D eigenvalue weighted by atomic mass is 9.99. The molecule has 0 bridgehead atoms. The first-order valence-electron chi connectivity index (χ1n) is 7.41. The highest BCUT2D eigenvalue weighted by Gasteiger charge is 2.29. The Hall–Kier alpha value is -1.07. The number of nitrogens with one attached hydrogen (secondary N) is 1. The monoisotopic (exact) mass is 300 g/mol. The standard InChI is InChI=1S/C16H23F3N2/c1-12(9-20-15-7-8-15)14-5-3-13(4-6-14)10-21(2)11-16(17,18)19/h3-6,12,15,20H,7-11H2,1-2H3. The highest BCUT2D eigenvalue weighted by molar-refractivity contribution is 5.25. The van der Waals surface area contributed by atoms with E-state index in [4.69, 9.17) is 0 Å². The summed E-state index contributed by atoms with van der Waals surface area (Å²) in [4.78, 5) is 1.28. The lowest BCUT2D eigenvalue weighted by Gasteiger charge is -2.19. The van der Waals surface area contributed by atoms with Gasteiger partial charge in [0.1, 0.15) is 0 Å².